The van der Waals surface area contributed by atoms with Crippen LogP contribution in [0.4, 0.5) is 0 Å². The van der Waals surface area contributed by atoms with E-state index in [9.17, 15) is 4.79 Å². The minimum absolute atomic E-state index is 0.149. The van der Waals surface area contributed by atoms with Gasteiger partial charge in [0.05, 0.1) is 12.5 Å². The number of amides is 1. The highest BCUT2D eigenvalue weighted by molar-refractivity contribution is 5.74. The number of unbranched alkanes of at least 4 members (excludes halogenated alkanes) is 3. The zero-order valence-electron chi connectivity index (χ0n) is 17.7. The maximum Gasteiger partial charge on any atom is 0.220 e. The number of carbonyl (C=O) groups excluding carboxylic acids is 1. The van der Waals surface area contributed by atoms with Gasteiger partial charge in [-0.05, 0) is 49.1 Å². The Labute approximate surface area is 175 Å². The molecule has 1 aliphatic carbocycles. The average molecular weight is 394 g/mol. The lowest BCUT2D eigenvalue weighted by Crippen LogP contribution is -2.43. The van der Waals surface area contributed by atoms with Gasteiger partial charge in [-0.3, -0.25) is 4.79 Å². The molecule has 0 aromatic heterocycles. The van der Waals surface area contributed by atoms with Crippen molar-refractivity contribution in [3.63, 3.8) is 0 Å². The molecule has 2 unspecified atom stereocenters. The molecule has 1 saturated carbocycles. The van der Waals surface area contributed by atoms with Gasteiger partial charge in [-0.1, -0.05) is 80.4 Å². The van der Waals surface area contributed by atoms with Gasteiger partial charge in [0.25, 0.3) is 0 Å². The van der Waals surface area contributed by atoms with Crippen LogP contribution >= 0.6 is 0 Å². The van der Waals surface area contributed by atoms with Gasteiger partial charge in [0.1, 0.15) is 0 Å². The number of rotatable bonds is 13. The molecule has 0 heterocycles. The molecule has 156 valence electrons. The first-order chi connectivity index (χ1) is 14.1. The minimum atomic E-state index is -0.277. The van der Waals surface area contributed by atoms with E-state index < -0.39 is 0 Å². The van der Waals surface area contributed by atoms with Crippen LogP contribution in [0, 0.1) is 5.92 Å². The van der Waals surface area contributed by atoms with E-state index in [1.165, 1.54) is 36.8 Å². The largest absolute Gasteiger partial charge is 0.377 e. The van der Waals surface area contributed by atoms with Crippen molar-refractivity contribution in [1.29, 1.82) is 0 Å². The number of hydrogen-bond acceptors (Lipinski definition) is 2. The van der Waals surface area contributed by atoms with E-state index in [0.717, 1.165) is 19.3 Å². The topological polar surface area (TPSA) is 52.3 Å². The monoisotopic (exact) mass is 393 g/mol. The second-order valence-electron chi connectivity index (χ2n) is 8.60. The molecule has 0 spiro atoms. The molecule has 2 aromatic carbocycles. The third-order valence-corrected chi connectivity index (χ3v) is 6.40. The maximum atomic E-state index is 11.8. The van der Waals surface area contributed by atoms with Crippen LogP contribution < -0.4 is 5.73 Å². The number of aryl methyl sites for hydroxylation is 1. The molecule has 0 bridgehead atoms. The van der Waals surface area contributed by atoms with E-state index in [0.29, 0.717) is 12.5 Å². The molecule has 2 N–H and O–H groups in total. The Hall–Kier alpha value is -2.13. The Bertz CT molecular complexity index is 742. The van der Waals surface area contributed by atoms with Crippen molar-refractivity contribution < 1.29 is 9.53 Å². The number of hydrogen-bond donors (Lipinski definition) is 1. The zero-order chi connectivity index (χ0) is 20.5. The highest BCUT2D eigenvalue weighted by atomic mass is 16.5. The fourth-order valence-electron chi connectivity index (χ4n) is 4.45. The molecule has 1 amide bonds. The lowest BCUT2D eigenvalue weighted by molar-refractivity contribution is -0.123. The van der Waals surface area contributed by atoms with Crippen LogP contribution in [-0.4, -0.2) is 18.6 Å². The first kappa shape index (κ1) is 21.6. The summed E-state index contributed by atoms with van der Waals surface area (Å²) in [6.45, 7) is 2.95. The van der Waals surface area contributed by atoms with Gasteiger partial charge in [-0.2, -0.15) is 0 Å². The highest BCUT2D eigenvalue weighted by Gasteiger charge is 2.48. The van der Waals surface area contributed by atoms with Crippen molar-refractivity contribution in [3.05, 3.63) is 71.8 Å². The lowest BCUT2D eigenvalue weighted by Gasteiger charge is -2.38. The molecular weight excluding hydrogens is 358 g/mol. The van der Waals surface area contributed by atoms with Crippen LogP contribution in [0.5, 0.6) is 0 Å². The fraction of sp³-hybridized carbons (Fsp3) is 0.500. The van der Waals surface area contributed by atoms with Gasteiger partial charge < -0.3 is 10.5 Å². The Kier molecular flexibility index (Phi) is 7.88. The average Bonchev–Trinajstić information content (AvgIpc) is 3.58. The van der Waals surface area contributed by atoms with Crippen molar-refractivity contribution in [2.45, 2.75) is 69.8 Å². The summed E-state index contributed by atoms with van der Waals surface area (Å²) in [6.07, 6.45) is 8.26. The summed E-state index contributed by atoms with van der Waals surface area (Å²) in [7, 11) is 0. The van der Waals surface area contributed by atoms with Gasteiger partial charge in [0, 0.05) is 12.0 Å². The normalized spacial score (nSPS) is 16.9. The Morgan fingerprint density at radius 2 is 1.62 bits per heavy atom. The zero-order valence-corrected chi connectivity index (χ0v) is 17.7. The predicted molar refractivity (Wildman–Crippen MR) is 119 cm³/mol. The van der Waals surface area contributed by atoms with E-state index in [1.807, 2.05) is 6.07 Å². The van der Waals surface area contributed by atoms with Gasteiger partial charge in [-0.15, -0.1) is 0 Å². The van der Waals surface area contributed by atoms with Crippen LogP contribution in [0.1, 0.15) is 63.0 Å². The molecule has 29 heavy (non-hydrogen) atoms. The van der Waals surface area contributed by atoms with Crippen molar-refractivity contribution in [2.75, 3.05) is 6.61 Å². The third kappa shape index (κ3) is 6.17. The molecule has 3 heteroatoms. The summed E-state index contributed by atoms with van der Waals surface area (Å²) >= 11 is 0. The molecule has 1 aliphatic rings. The van der Waals surface area contributed by atoms with Crippen LogP contribution in [0.2, 0.25) is 0 Å². The molecule has 2 atom stereocenters. The SMILES string of the molecule is CC(c1ccccc1)(C1CC1)C(CC(N)=O)OCCCCCCc1ccccc1. The van der Waals surface area contributed by atoms with Crippen LogP contribution in [0.3, 0.4) is 0 Å². The minimum Gasteiger partial charge on any atom is -0.377 e. The van der Waals surface area contributed by atoms with Crippen LogP contribution in [-0.2, 0) is 21.4 Å². The third-order valence-electron chi connectivity index (χ3n) is 6.40. The van der Waals surface area contributed by atoms with Gasteiger partial charge in [-0.25, -0.2) is 0 Å². The van der Waals surface area contributed by atoms with Crippen LogP contribution in [0.15, 0.2) is 60.7 Å². The second kappa shape index (κ2) is 10.6. The highest BCUT2D eigenvalue weighted by Crippen LogP contribution is 2.50. The number of benzene rings is 2. The van der Waals surface area contributed by atoms with E-state index in [-0.39, 0.29) is 23.8 Å². The number of primary amides is 1. The predicted octanol–water partition coefficient (Wildman–Crippen LogP) is 5.42. The Morgan fingerprint density at radius 1 is 1.00 bits per heavy atom. The quantitative estimate of drug-likeness (QED) is 0.462. The molecular formula is C26H35NO2. The maximum absolute atomic E-state index is 11.8. The summed E-state index contributed by atoms with van der Waals surface area (Å²) in [5.74, 6) is 0.292. The van der Waals surface area contributed by atoms with Crippen molar-refractivity contribution in [3.8, 4) is 0 Å². The Morgan fingerprint density at radius 3 is 2.24 bits per heavy atom. The van der Waals surface area contributed by atoms with Crippen LogP contribution in [0.25, 0.3) is 0 Å². The Balaban J connectivity index is 1.49. The number of ether oxygens (including phenoxy) is 1. The van der Waals surface area contributed by atoms with Crippen molar-refractivity contribution in [2.24, 2.45) is 11.7 Å². The molecule has 3 rings (SSSR count). The summed E-state index contributed by atoms with van der Waals surface area (Å²) in [5.41, 5.74) is 8.12. The molecule has 0 aliphatic heterocycles. The molecule has 1 fully saturated rings. The van der Waals surface area contributed by atoms with Gasteiger partial charge in [0.15, 0.2) is 0 Å². The fourth-order valence-corrected chi connectivity index (χ4v) is 4.45. The van der Waals surface area contributed by atoms with E-state index in [2.05, 4.69) is 61.5 Å². The standard InChI is InChI=1S/C26H35NO2/c1-26(23-17-18-23,22-15-9-5-10-16-22)24(20-25(27)28)29-19-11-3-2-6-12-21-13-7-4-8-14-21/h4-5,7-10,13-16,23-24H,2-3,6,11-12,17-20H2,1H3,(H2,27,28). The summed E-state index contributed by atoms with van der Waals surface area (Å²) in [5, 5.41) is 0. The molecule has 3 nitrogen and oxygen atoms in total. The van der Waals surface area contributed by atoms with E-state index >= 15 is 0 Å². The number of nitrogens with two attached hydrogens (primary N) is 1. The van der Waals surface area contributed by atoms with E-state index in [1.54, 1.807) is 0 Å². The number of carbonyl (C=O) groups is 1. The molecule has 0 saturated heterocycles. The first-order valence-corrected chi connectivity index (χ1v) is 11.1. The van der Waals surface area contributed by atoms with E-state index in [4.69, 9.17) is 10.5 Å². The van der Waals surface area contributed by atoms with Gasteiger partial charge in [0.2, 0.25) is 5.91 Å². The first-order valence-electron chi connectivity index (χ1n) is 11.1. The van der Waals surface area contributed by atoms with Crippen molar-refractivity contribution >= 4 is 5.91 Å². The molecule has 2 aromatic rings. The summed E-state index contributed by atoms with van der Waals surface area (Å²) < 4.78 is 6.34. The molecule has 0 radical (unpaired) electrons. The lowest BCUT2D eigenvalue weighted by atomic mass is 9.72. The van der Waals surface area contributed by atoms with Gasteiger partial charge >= 0.3 is 0 Å². The summed E-state index contributed by atoms with van der Waals surface area (Å²) in [6, 6.07) is 21.2. The summed E-state index contributed by atoms with van der Waals surface area (Å²) in [4.78, 5) is 11.8. The second-order valence-corrected chi connectivity index (χ2v) is 8.60. The smallest absolute Gasteiger partial charge is 0.220 e. The van der Waals surface area contributed by atoms with Crippen molar-refractivity contribution in [1.82, 2.24) is 0 Å².